The second kappa shape index (κ2) is 7.49. The maximum atomic E-state index is 14.2. The van der Waals surface area contributed by atoms with Crippen molar-refractivity contribution < 1.29 is 13.4 Å². The first kappa shape index (κ1) is 15.9. The van der Waals surface area contributed by atoms with Crippen LogP contribution in [-0.4, -0.2) is 39.2 Å². The van der Waals surface area contributed by atoms with Gasteiger partial charge in [0, 0.05) is 41.1 Å². The standard InChI is InChI=1S/C14H20FN3O2S/c1-2-6-16-13-12(15)11(3-7-17-13)14(19)18-10-4-8-21(20)9-5-10/h3,7,10H,2,4-6,8-9H2,1H3,(H,16,17)(H,18,19). The summed E-state index contributed by atoms with van der Waals surface area (Å²) in [5.41, 5.74) is -0.00435. The van der Waals surface area contributed by atoms with Crippen molar-refractivity contribution in [2.45, 2.75) is 32.2 Å². The average molecular weight is 313 g/mol. The van der Waals surface area contributed by atoms with Gasteiger partial charge in [-0.3, -0.25) is 9.00 Å². The first-order chi connectivity index (χ1) is 10.1. The Morgan fingerprint density at radius 3 is 2.86 bits per heavy atom. The smallest absolute Gasteiger partial charge is 0.254 e. The van der Waals surface area contributed by atoms with E-state index in [2.05, 4.69) is 15.6 Å². The summed E-state index contributed by atoms with van der Waals surface area (Å²) in [4.78, 5) is 16.1. The molecule has 7 heteroatoms. The second-order valence-electron chi connectivity index (χ2n) is 5.04. The van der Waals surface area contributed by atoms with Crippen molar-refractivity contribution in [2.75, 3.05) is 23.4 Å². The van der Waals surface area contributed by atoms with Gasteiger partial charge in [0.2, 0.25) is 0 Å². The van der Waals surface area contributed by atoms with Gasteiger partial charge in [0.15, 0.2) is 11.6 Å². The lowest BCUT2D eigenvalue weighted by Crippen LogP contribution is -2.39. The lowest BCUT2D eigenvalue weighted by molar-refractivity contribution is 0.0930. The maximum absolute atomic E-state index is 14.2. The summed E-state index contributed by atoms with van der Waals surface area (Å²) >= 11 is 0. The molecule has 2 rings (SSSR count). The first-order valence-corrected chi connectivity index (χ1v) is 8.64. The second-order valence-corrected chi connectivity index (χ2v) is 6.74. The van der Waals surface area contributed by atoms with E-state index in [1.54, 1.807) is 0 Å². The van der Waals surface area contributed by atoms with Crippen molar-refractivity contribution >= 4 is 22.5 Å². The normalized spacial score (nSPS) is 21.8. The van der Waals surface area contributed by atoms with E-state index in [-0.39, 0.29) is 17.4 Å². The lowest BCUT2D eigenvalue weighted by Gasteiger charge is -2.22. The molecule has 1 amide bonds. The molecule has 0 saturated carbocycles. The molecular weight excluding hydrogens is 293 g/mol. The van der Waals surface area contributed by atoms with Crippen LogP contribution in [0.5, 0.6) is 0 Å². The molecular formula is C14H20FN3O2S. The fraction of sp³-hybridized carbons (Fsp3) is 0.571. The van der Waals surface area contributed by atoms with Gasteiger partial charge in [-0.2, -0.15) is 0 Å². The number of carbonyl (C=O) groups excluding carboxylic acids is 1. The number of pyridine rings is 1. The number of aromatic nitrogens is 1. The topological polar surface area (TPSA) is 71.1 Å². The molecule has 0 aromatic carbocycles. The molecule has 1 saturated heterocycles. The third-order valence-electron chi connectivity index (χ3n) is 3.40. The highest BCUT2D eigenvalue weighted by atomic mass is 32.2. The van der Waals surface area contributed by atoms with Crippen LogP contribution in [0, 0.1) is 5.82 Å². The van der Waals surface area contributed by atoms with Gasteiger partial charge < -0.3 is 10.6 Å². The van der Waals surface area contributed by atoms with E-state index in [1.807, 2.05) is 6.92 Å². The molecule has 1 aliphatic rings. The highest BCUT2D eigenvalue weighted by Crippen LogP contribution is 2.16. The molecule has 0 aliphatic carbocycles. The summed E-state index contributed by atoms with van der Waals surface area (Å²) in [5.74, 6) is 0.226. The fourth-order valence-electron chi connectivity index (χ4n) is 2.19. The summed E-state index contributed by atoms with van der Waals surface area (Å²) in [6.45, 7) is 2.57. The van der Waals surface area contributed by atoms with Gasteiger partial charge >= 0.3 is 0 Å². The van der Waals surface area contributed by atoms with Crippen LogP contribution in [0.4, 0.5) is 10.2 Å². The molecule has 1 aromatic heterocycles. The minimum Gasteiger partial charge on any atom is -0.368 e. The molecule has 0 bridgehead atoms. The predicted octanol–water partition coefficient (Wildman–Crippen LogP) is 1.68. The number of nitrogens with zero attached hydrogens (tertiary/aromatic N) is 1. The summed E-state index contributed by atoms with van der Waals surface area (Å²) in [5, 5.41) is 5.67. The van der Waals surface area contributed by atoms with Gasteiger partial charge in [0.25, 0.3) is 5.91 Å². The van der Waals surface area contributed by atoms with E-state index in [1.165, 1.54) is 12.3 Å². The lowest BCUT2D eigenvalue weighted by atomic mass is 10.1. The zero-order valence-corrected chi connectivity index (χ0v) is 12.8. The van der Waals surface area contributed by atoms with Crippen molar-refractivity contribution in [3.8, 4) is 0 Å². The van der Waals surface area contributed by atoms with E-state index < -0.39 is 22.5 Å². The van der Waals surface area contributed by atoms with Gasteiger partial charge in [-0.15, -0.1) is 0 Å². The van der Waals surface area contributed by atoms with E-state index in [0.29, 0.717) is 30.9 Å². The number of anilines is 1. The van der Waals surface area contributed by atoms with Crippen molar-refractivity contribution in [3.05, 3.63) is 23.6 Å². The third-order valence-corrected chi connectivity index (χ3v) is 4.78. The number of rotatable bonds is 5. The number of amides is 1. The van der Waals surface area contributed by atoms with E-state index in [4.69, 9.17) is 0 Å². The molecule has 0 spiro atoms. The van der Waals surface area contributed by atoms with E-state index in [0.717, 1.165) is 6.42 Å². The molecule has 1 fully saturated rings. The molecule has 2 heterocycles. The van der Waals surface area contributed by atoms with Crippen LogP contribution in [0.25, 0.3) is 0 Å². The summed E-state index contributed by atoms with van der Waals surface area (Å²) < 4.78 is 25.5. The molecule has 5 nitrogen and oxygen atoms in total. The summed E-state index contributed by atoms with van der Waals surface area (Å²) in [6, 6.07) is 1.35. The Morgan fingerprint density at radius 2 is 2.19 bits per heavy atom. The third kappa shape index (κ3) is 4.23. The summed E-state index contributed by atoms with van der Waals surface area (Å²) in [7, 11) is -0.777. The van der Waals surface area contributed by atoms with Crippen LogP contribution in [-0.2, 0) is 10.8 Å². The SMILES string of the molecule is CCCNc1nccc(C(=O)NC2CCS(=O)CC2)c1F. The van der Waals surface area contributed by atoms with Crippen molar-refractivity contribution in [1.82, 2.24) is 10.3 Å². The van der Waals surface area contributed by atoms with Crippen LogP contribution >= 0.6 is 0 Å². The van der Waals surface area contributed by atoms with Crippen LogP contribution in [0.1, 0.15) is 36.5 Å². The molecule has 21 heavy (non-hydrogen) atoms. The Balaban J connectivity index is 2.03. The van der Waals surface area contributed by atoms with Crippen molar-refractivity contribution in [1.29, 1.82) is 0 Å². The molecule has 0 unspecified atom stereocenters. The zero-order chi connectivity index (χ0) is 15.2. The molecule has 1 aliphatic heterocycles. The maximum Gasteiger partial charge on any atom is 0.254 e. The predicted molar refractivity (Wildman–Crippen MR) is 81.3 cm³/mol. The van der Waals surface area contributed by atoms with Crippen molar-refractivity contribution in [3.63, 3.8) is 0 Å². The number of nitrogens with one attached hydrogen (secondary N) is 2. The zero-order valence-electron chi connectivity index (χ0n) is 12.0. The van der Waals surface area contributed by atoms with Crippen molar-refractivity contribution in [2.24, 2.45) is 0 Å². The molecule has 0 atom stereocenters. The van der Waals surface area contributed by atoms with Crippen LogP contribution in [0.3, 0.4) is 0 Å². The van der Waals surface area contributed by atoms with Crippen LogP contribution in [0.2, 0.25) is 0 Å². The highest BCUT2D eigenvalue weighted by molar-refractivity contribution is 7.85. The van der Waals surface area contributed by atoms with Gasteiger partial charge in [0.05, 0.1) is 5.56 Å². The number of carbonyl (C=O) groups is 1. The first-order valence-electron chi connectivity index (χ1n) is 7.16. The number of hydrogen-bond acceptors (Lipinski definition) is 4. The summed E-state index contributed by atoms with van der Waals surface area (Å²) in [6.07, 6.45) is 3.61. The molecule has 0 radical (unpaired) electrons. The average Bonchev–Trinajstić information content (AvgIpc) is 2.48. The van der Waals surface area contributed by atoms with Gasteiger partial charge in [-0.1, -0.05) is 6.92 Å². The molecule has 116 valence electrons. The number of hydrogen-bond donors (Lipinski definition) is 2. The van der Waals surface area contributed by atoms with E-state index >= 15 is 0 Å². The minimum atomic E-state index is -0.777. The van der Waals surface area contributed by atoms with Gasteiger partial charge in [-0.05, 0) is 25.3 Å². The Bertz CT molecular complexity index is 529. The molecule has 2 N–H and O–H groups in total. The van der Waals surface area contributed by atoms with Gasteiger partial charge in [-0.25, -0.2) is 9.37 Å². The Labute approximate surface area is 126 Å². The van der Waals surface area contributed by atoms with Crippen LogP contribution in [0.15, 0.2) is 12.3 Å². The quantitative estimate of drug-likeness (QED) is 0.868. The Kier molecular flexibility index (Phi) is 5.67. The van der Waals surface area contributed by atoms with E-state index in [9.17, 15) is 13.4 Å². The fourth-order valence-corrected chi connectivity index (χ4v) is 3.49. The minimum absolute atomic E-state index is 0.00435. The van der Waals surface area contributed by atoms with Gasteiger partial charge in [0.1, 0.15) is 0 Å². The highest BCUT2D eigenvalue weighted by Gasteiger charge is 2.22. The Hall–Kier alpha value is -1.50. The monoisotopic (exact) mass is 313 g/mol. The largest absolute Gasteiger partial charge is 0.368 e. The van der Waals surface area contributed by atoms with Crippen LogP contribution < -0.4 is 10.6 Å². The number of halogens is 1. The Morgan fingerprint density at radius 1 is 1.48 bits per heavy atom. The molecule has 1 aromatic rings.